The Labute approximate surface area is 869 Å². The highest BCUT2D eigenvalue weighted by atomic mass is 14.9. The van der Waals surface area contributed by atoms with E-state index >= 15 is 0 Å². The highest BCUT2D eigenvalue weighted by Crippen LogP contribution is 2.41. The lowest BCUT2D eigenvalue weighted by molar-refractivity contribution is 1.17. The fraction of sp³-hybridized carbons (Fsp3) is 0. The Balaban J connectivity index is 0.000000124. The molecule has 0 aliphatic rings. The lowest BCUT2D eigenvalue weighted by Crippen LogP contribution is -1.98. The second-order valence-electron chi connectivity index (χ2n) is 35.8. The maximum Gasteiger partial charge on any atom is 0.160 e. The molecule has 0 amide bonds. The minimum atomic E-state index is 0.665. The SMILES string of the molecule is c1ccc(-c2cc(-c3ccc(-c4cc(-c5ccccc5)nc(-c5ccccc5)n4)cn3)nc(-c3ncccc3-c3ccccc3)c2)cc1.c1ccc(-c2cc(-c3ccccc3)nc(-c3cc(-c4ccccc4)cc(-c4ccc(-c5cc(-c6ccccc6)nc(-c6ccccc6)n5)cn4)n3)c2)cc1.c1ccc(-c2ccnc(-c3cc(-c4ccccc4)cc(-c4ccc(-c5cc(-c6ccccc6)nc(-c6ccccc6)n5)cn4)n3)c2)cc1. The molecule has 0 atom stereocenters. The molecule has 0 bridgehead atoms. The first-order valence-corrected chi connectivity index (χ1v) is 49.6. The molecule has 0 spiro atoms. The molecule has 15 nitrogen and oxygen atoms in total. The van der Waals surface area contributed by atoms with Gasteiger partial charge in [0, 0.05) is 92.2 Å². The zero-order chi connectivity index (χ0) is 100. The molecule has 15 heteroatoms. The van der Waals surface area contributed by atoms with Crippen LogP contribution in [0.25, 0.3) is 248 Å². The molecule has 0 saturated carbocycles. The van der Waals surface area contributed by atoms with Gasteiger partial charge in [0.25, 0.3) is 0 Å². The van der Waals surface area contributed by atoms with Crippen molar-refractivity contribution in [2.24, 2.45) is 0 Å². The predicted molar refractivity (Wildman–Crippen MR) is 606 cm³/mol. The van der Waals surface area contributed by atoms with E-state index in [1.54, 1.807) is 0 Å². The number of hydrogen-bond acceptors (Lipinski definition) is 15. The fourth-order valence-corrected chi connectivity index (χ4v) is 18.1. The van der Waals surface area contributed by atoms with Crippen molar-refractivity contribution in [3.63, 3.8) is 0 Å². The fourth-order valence-electron chi connectivity index (χ4n) is 18.1. The van der Waals surface area contributed by atoms with Gasteiger partial charge < -0.3 is 0 Å². The zero-order valence-electron chi connectivity index (χ0n) is 81.2. The molecule has 706 valence electrons. The van der Waals surface area contributed by atoms with Gasteiger partial charge in [0.1, 0.15) is 0 Å². The number of pyridine rings is 9. The Morgan fingerprint density at radius 3 is 0.613 bits per heavy atom. The summed E-state index contributed by atoms with van der Waals surface area (Å²) in [6.07, 6.45) is 9.27. The van der Waals surface area contributed by atoms with E-state index in [-0.39, 0.29) is 0 Å². The number of benzene rings is 13. The first-order valence-electron chi connectivity index (χ1n) is 49.6. The molecule has 13 aromatic carbocycles. The molecule has 25 rings (SSSR count). The quantitative estimate of drug-likeness (QED) is 0.0621. The maximum atomic E-state index is 5.23. The Hall–Kier alpha value is -20.6. The zero-order valence-corrected chi connectivity index (χ0v) is 81.2. The molecule has 0 N–H and O–H groups in total. The number of hydrogen-bond donors (Lipinski definition) is 0. The van der Waals surface area contributed by atoms with E-state index in [1.165, 1.54) is 0 Å². The van der Waals surface area contributed by atoms with Crippen molar-refractivity contribution in [3.8, 4) is 248 Å². The van der Waals surface area contributed by atoms with Gasteiger partial charge >= 0.3 is 0 Å². The maximum absolute atomic E-state index is 5.23. The lowest BCUT2D eigenvalue weighted by atomic mass is 9.98. The van der Waals surface area contributed by atoms with Crippen molar-refractivity contribution in [1.29, 1.82) is 0 Å². The molecule has 0 fully saturated rings. The third-order valence-electron chi connectivity index (χ3n) is 25.8. The molecule has 150 heavy (non-hydrogen) atoms. The van der Waals surface area contributed by atoms with Crippen LogP contribution in [0, 0.1) is 0 Å². The third kappa shape index (κ3) is 21.7. The van der Waals surface area contributed by atoms with E-state index in [1.807, 2.05) is 328 Å². The standard InChI is InChI=1S/C49H33N5.2C43H29N5/c1-6-16-34(17-7-1)40-28-43(36-20-10-3-11-21-36)51-47(30-40)48-31-41(35-18-8-2-9-19-35)29-46(52-48)42-27-26-39(33-50-42)45-32-44(37-22-12-4-13-23-37)53-49(54-45)38-24-14-5-15-25-38;1-5-14-30(15-6-1)35-26-40(46-41(27-35)42-36(22-13-25-44-42)31-16-7-2-8-17-31)37-24-23-34(29-45-37)39-28-38(32-18-9-3-10-19-32)47-43(48-39)33-20-11-4-12-21-33;1-5-13-30(14-6-1)34-23-24-44-40(25-34)42-27-36(31-15-7-2-8-16-31)26-41(46-42)37-22-21-35(29-45-37)39-28-38(32-17-9-3-10-18-32)47-43(48-39)33-19-11-4-12-20-33/h1-33H;2*1-29H. The summed E-state index contributed by atoms with van der Waals surface area (Å²) in [5, 5.41) is 0. The van der Waals surface area contributed by atoms with Gasteiger partial charge in [-0.2, -0.15) is 0 Å². The van der Waals surface area contributed by atoms with Crippen LogP contribution in [-0.4, -0.2) is 74.8 Å². The smallest absolute Gasteiger partial charge is 0.160 e. The van der Waals surface area contributed by atoms with E-state index < -0.39 is 0 Å². The first-order chi connectivity index (χ1) is 74.3. The normalized spacial score (nSPS) is 10.9. The average Bonchev–Trinajstić information content (AvgIpc) is 0.779. The van der Waals surface area contributed by atoms with Crippen molar-refractivity contribution in [2.75, 3.05) is 0 Å². The van der Waals surface area contributed by atoms with Gasteiger partial charge in [-0.3, -0.25) is 24.9 Å². The summed E-state index contributed by atoms with van der Waals surface area (Å²) < 4.78 is 0. The van der Waals surface area contributed by atoms with Gasteiger partial charge in [-0.25, -0.2) is 49.8 Å². The van der Waals surface area contributed by atoms with Crippen LogP contribution in [0.3, 0.4) is 0 Å². The van der Waals surface area contributed by atoms with E-state index in [2.05, 4.69) is 224 Å². The van der Waals surface area contributed by atoms with E-state index in [0.29, 0.717) is 17.5 Å². The third-order valence-corrected chi connectivity index (χ3v) is 25.8. The van der Waals surface area contributed by atoms with Crippen molar-refractivity contribution >= 4 is 0 Å². The minimum Gasteiger partial charge on any atom is -0.255 e. The summed E-state index contributed by atoms with van der Waals surface area (Å²) in [5.41, 5.74) is 37.8. The number of aromatic nitrogens is 15. The van der Waals surface area contributed by atoms with Crippen LogP contribution in [0.15, 0.2) is 553 Å². The van der Waals surface area contributed by atoms with Crippen LogP contribution in [0.1, 0.15) is 0 Å². The Morgan fingerprint density at radius 2 is 0.320 bits per heavy atom. The Kier molecular flexibility index (Phi) is 27.4. The van der Waals surface area contributed by atoms with Gasteiger partial charge in [0.15, 0.2) is 17.5 Å². The lowest BCUT2D eigenvalue weighted by Gasteiger charge is -2.13. The van der Waals surface area contributed by atoms with Crippen LogP contribution in [-0.2, 0) is 0 Å². The van der Waals surface area contributed by atoms with Gasteiger partial charge in [-0.15, -0.1) is 0 Å². The monoisotopic (exact) mass is 1920 g/mol. The molecule has 0 aliphatic heterocycles. The Bertz CT molecular complexity index is 8710. The Morgan fingerprint density at radius 1 is 0.100 bits per heavy atom. The van der Waals surface area contributed by atoms with Crippen molar-refractivity contribution in [1.82, 2.24) is 74.8 Å². The summed E-state index contributed by atoms with van der Waals surface area (Å²) in [6, 6.07) is 177. The van der Waals surface area contributed by atoms with Crippen LogP contribution < -0.4 is 0 Å². The minimum absolute atomic E-state index is 0.665. The summed E-state index contributed by atoms with van der Waals surface area (Å²) in [4.78, 5) is 74.8. The van der Waals surface area contributed by atoms with E-state index in [0.717, 1.165) is 231 Å². The van der Waals surface area contributed by atoms with Crippen LogP contribution in [0.4, 0.5) is 0 Å². The molecule has 0 saturated heterocycles. The molecule has 12 aromatic heterocycles. The molecule has 25 aromatic rings. The highest BCUT2D eigenvalue weighted by molar-refractivity contribution is 5.87. The van der Waals surface area contributed by atoms with Crippen molar-refractivity contribution < 1.29 is 0 Å². The van der Waals surface area contributed by atoms with E-state index in [9.17, 15) is 0 Å². The number of nitrogens with zero attached hydrogens (tertiary/aromatic N) is 15. The largest absolute Gasteiger partial charge is 0.255 e. The van der Waals surface area contributed by atoms with Crippen LogP contribution in [0.2, 0.25) is 0 Å². The molecular formula is C135H91N15. The molecular weight excluding hydrogens is 1830 g/mol. The highest BCUT2D eigenvalue weighted by Gasteiger charge is 2.23. The van der Waals surface area contributed by atoms with Crippen molar-refractivity contribution in [2.45, 2.75) is 0 Å². The summed E-state index contributed by atoms with van der Waals surface area (Å²) in [6.45, 7) is 0. The second-order valence-corrected chi connectivity index (χ2v) is 35.8. The molecule has 0 unspecified atom stereocenters. The van der Waals surface area contributed by atoms with Gasteiger partial charge in [0.05, 0.1) is 108 Å². The van der Waals surface area contributed by atoms with Crippen molar-refractivity contribution in [3.05, 3.63) is 553 Å². The molecule has 0 radical (unpaired) electrons. The second kappa shape index (κ2) is 44.1. The van der Waals surface area contributed by atoms with Gasteiger partial charge in [-0.05, 0) is 183 Å². The molecule has 0 aliphatic carbocycles. The number of rotatable bonds is 22. The summed E-state index contributed by atoms with van der Waals surface area (Å²) >= 11 is 0. The van der Waals surface area contributed by atoms with Crippen LogP contribution in [0.5, 0.6) is 0 Å². The van der Waals surface area contributed by atoms with E-state index in [4.69, 9.17) is 74.8 Å². The predicted octanol–water partition coefficient (Wildman–Crippen LogP) is 32.7. The summed E-state index contributed by atoms with van der Waals surface area (Å²) in [7, 11) is 0. The molecule has 12 heterocycles. The first kappa shape index (κ1) is 93.1. The van der Waals surface area contributed by atoms with Gasteiger partial charge in [-0.1, -0.05) is 400 Å². The average molecular weight is 1920 g/mol. The van der Waals surface area contributed by atoms with Gasteiger partial charge in [0.2, 0.25) is 0 Å². The van der Waals surface area contributed by atoms with Crippen LogP contribution >= 0.6 is 0 Å². The summed E-state index contributed by atoms with van der Waals surface area (Å²) in [5.74, 6) is 2.00. The topological polar surface area (TPSA) is 193 Å².